The molecule has 1 aliphatic heterocycles. The van der Waals surface area contributed by atoms with Crippen molar-refractivity contribution in [1.29, 1.82) is 0 Å². The van der Waals surface area contributed by atoms with Crippen LogP contribution in [-0.4, -0.2) is 69.0 Å². The topological polar surface area (TPSA) is 99.4 Å². The number of carbonyl (C=O) groups is 1. The van der Waals surface area contributed by atoms with E-state index in [0.717, 1.165) is 54.4 Å². The van der Waals surface area contributed by atoms with Crippen LogP contribution in [0.25, 0.3) is 11.4 Å². The molecule has 0 unspecified atom stereocenters. The number of benzene rings is 1. The van der Waals surface area contributed by atoms with E-state index >= 15 is 0 Å². The number of aromatic carboxylic acids is 1. The van der Waals surface area contributed by atoms with Gasteiger partial charge in [-0.2, -0.15) is 5.10 Å². The largest absolute Gasteiger partial charge is 0.476 e. The Morgan fingerprint density at radius 1 is 1.06 bits per heavy atom. The summed E-state index contributed by atoms with van der Waals surface area (Å²) in [6, 6.07) is 8.30. The Bertz CT molecular complexity index is 1130. The second-order valence-corrected chi connectivity index (χ2v) is 8.13. The van der Waals surface area contributed by atoms with E-state index in [2.05, 4.69) is 44.4 Å². The summed E-state index contributed by atoms with van der Waals surface area (Å²) in [6.45, 7) is 4.20. The fourth-order valence-corrected chi connectivity index (χ4v) is 4.34. The number of aromatic nitrogens is 4. The third kappa shape index (κ3) is 3.61. The summed E-state index contributed by atoms with van der Waals surface area (Å²) in [5.74, 6) is -0.523. The molecule has 0 radical (unpaired) electrons. The van der Waals surface area contributed by atoms with E-state index in [1.54, 1.807) is 11.7 Å². The maximum atomic E-state index is 11.5. The second kappa shape index (κ2) is 7.66. The molecule has 0 atom stereocenters. The number of carboxylic acid groups (broad SMARTS) is 1. The number of fused-ring (bicyclic) bond motifs is 3. The number of anilines is 3. The lowest BCUT2D eigenvalue weighted by atomic mass is 9.93. The lowest BCUT2D eigenvalue weighted by Gasteiger charge is -2.34. The van der Waals surface area contributed by atoms with Crippen molar-refractivity contribution in [3.05, 3.63) is 47.3 Å². The van der Waals surface area contributed by atoms with Crippen LogP contribution in [0.4, 0.5) is 17.3 Å². The first-order chi connectivity index (χ1) is 15.0. The van der Waals surface area contributed by atoms with Crippen LogP contribution in [0.15, 0.2) is 30.5 Å². The summed E-state index contributed by atoms with van der Waals surface area (Å²) in [5, 5.41) is 16.9. The van der Waals surface area contributed by atoms with Crippen LogP contribution in [0.5, 0.6) is 0 Å². The normalized spacial score (nSPS) is 16.0. The predicted octanol–water partition coefficient (Wildman–Crippen LogP) is 2.17. The smallest absolute Gasteiger partial charge is 0.356 e. The minimum Gasteiger partial charge on any atom is -0.476 e. The van der Waals surface area contributed by atoms with Crippen molar-refractivity contribution < 1.29 is 9.90 Å². The molecule has 2 aromatic heterocycles. The first kappa shape index (κ1) is 19.5. The molecule has 1 aromatic carbocycles. The number of likely N-dealkylation sites (N-methyl/N-ethyl adjacent to an activating group) is 1. The van der Waals surface area contributed by atoms with Crippen LogP contribution in [0, 0.1) is 0 Å². The minimum absolute atomic E-state index is 0.107. The SMILES string of the molecule is CN1CCN(c2ccc(Nc3ncc4c(n3)-c3c(c(C(=O)O)nn3C)CC4)cc2)CC1. The maximum absolute atomic E-state index is 11.5. The standard InChI is InChI=1S/C22H25N7O2/c1-27-9-11-29(12-10-27)16-6-4-15(5-7-16)24-22-23-13-14-3-8-17-19(21(30)31)26-28(2)20(17)18(14)25-22/h4-7,13H,3,8-12H2,1-2H3,(H,30,31)(H,23,24,25). The Labute approximate surface area is 180 Å². The zero-order chi connectivity index (χ0) is 21.5. The van der Waals surface area contributed by atoms with Gasteiger partial charge >= 0.3 is 5.97 Å². The molecule has 0 saturated carbocycles. The van der Waals surface area contributed by atoms with Gasteiger partial charge in [0.05, 0.1) is 11.4 Å². The van der Waals surface area contributed by atoms with Gasteiger partial charge < -0.3 is 20.2 Å². The highest BCUT2D eigenvalue weighted by molar-refractivity contribution is 5.90. The van der Waals surface area contributed by atoms with Crippen molar-refractivity contribution in [1.82, 2.24) is 24.6 Å². The molecule has 3 aromatic rings. The van der Waals surface area contributed by atoms with Crippen LogP contribution in [0.2, 0.25) is 0 Å². The lowest BCUT2D eigenvalue weighted by Crippen LogP contribution is -2.44. The molecule has 5 rings (SSSR count). The van der Waals surface area contributed by atoms with E-state index in [1.165, 1.54) is 5.69 Å². The number of rotatable bonds is 4. The van der Waals surface area contributed by atoms with E-state index in [4.69, 9.17) is 4.98 Å². The van der Waals surface area contributed by atoms with Crippen molar-refractivity contribution in [2.75, 3.05) is 43.4 Å². The van der Waals surface area contributed by atoms with Crippen molar-refractivity contribution in [2.24, 2.45) is 7.05 Å². The summed E-state index contributed by atoms with van der Waals surface area (Å²) in [4.78, 5) is 25.5. The molecule has 1 saturated heterocycles. The van der Waals surface area contributed by atoms with Gasteiger partial charge in [-0.3, -0.25) is 4.68 Å². The minimum atomic E-state index is -1.01. The summed E-state index contributed by atoms with van der Waals surface area (Å²) in [6.07, 6.45) is 3.15. The van der Waals surface area contributed by atoms with Crippen LogP contribution in [-0.2, 0) is 19.9 Å². The van der Waals surface area contributed by atoms with Gasteiger partial charge in [-0.05, 0) is 49.7 Å². The average Bonchev–Trinajstić information content (AvgIpc) is 3.12. The van der Waals surface area contributed by atoms with Crippen molar-refractivity contribution in [3.8, 4) is 11.4 Å². The fourth-order valence-electron chi connectivity index (χ4n) is 4.34. The second-order valence-electron chi connectivity index (χ2n) is 8.13. The molecule has 9 nitrogen and oxygen atoms in total. The highest BCUT2D eigenvalue weighted by Crippen LogP contribution is 2.34. The number of hydrogen-bond acceptors (Lipinski definition) is 7. The Morgan fingerprint density at radius 2 is 1.81 bits per heavy atom. The van der Waals surface area contributed by atoms with Crippen LogP contribution < -0.4 is 10.2 Å². The third-order valence-corrected chi connectivity index (χ3v) is 6.07. The molecule has 0 amide bonds. The van der Waals surface area contributed by atoms with Gasteiger partial charge in [0.25, 0.3) is 0 Å². The maximum Gasteiger partial charge on any atom is 0.356 e. The monoisotopic (exact) mass is 419 g/mol. The predicted molar refractivity (Wildman–Crippen MR) is 118 cm³/mol. The average molecular weight is 419 g/mol. The molecule has 0 bridgehead atoms. The van der Waals surface area contributed by atoms with Gasteiger partial charge in [-0.15, -0.1) is 0 Å². The van der Waals surface area contributed by atoms with Crippen LogP contribution in [0.3, 0.4) is 0 Å². The molecular weight excluding hydrogens is 394 g/mol. The molecule has 1 fully saturated rings. The number of nitrogens with one attached hydrogen (secondary N) is 1. The fraction of sp³-hybridized carbons (Fsp3) is 0.364. The molecule has 9 heteroatoms. The van der Waals surface area contributed by atoms with E-state index < -0.39 is 5.97 Å². The van der Waals surface area contributed by atoms with E-state index in [0.29, 0.717) is 18.8 Å². The Kier molecular flexibility index (Phi) is 4.82. The van der Waals surface area contributed by atoms with Crippen molar-refractivity contribution >= 4 is 23.3 Å². The van der Waals surface area contributed by atoms with Gasteiger partial charge in [-0.25, -0.2) is 14.8 Å². The van der Waals surface area contributed by atoms with Crippen molar-refractivity contribution in [3.63, 3.8) is 0 Å². The van der Waals surface area contributed by atoms with Crippen molar-refractivity contribution in [2.45, 2.75) is 12.8 Å². The van der Waals surface area contributed by atoms with E-state index in [1.807, 2.05) is 18.3 Å². The molecule has 31 heavy (non-hydrogen) atoms. The zero-order valence-corrected chi connectivity index (χ0v) is 17.7. The quantitative estimate of drug-likeness (QED) is 0.664. The number of hydrogen-bond donors (Lipinski definition) is 2. The first-order valence-electron chi connectivity index (χ1n) is 10.5. The van der Waals surface area contributed by atoms with Gasteiger partial charge in [0.2, 0.25) is 5.95 Å². The molecule has 2 N–H and O–H groups in total. The summed E-state index contributed by atoms with van der Waals surface area (Å²) >= 11 is 0. The summed E-state index contributed by atoms with van der Waals surface area (Å²) in [5.41, 5.74) is 5.48. The summed E-state index contributed by atoms with van der Waals surface area (Å²) in [7, 11) is 3.91. The zero-order valence-electron chi connectivity index (χ0n) is 17.7. The molecule has 0 spiro atoms. The number of aryl methyl sites for hydroxylation is 2. The lowest BCUT2D eigenvalue weighted by molar-refractivity contribution is 0.0688. The van der Waals surface area contributed by atoms with Crippen LogP contribution >= 0.6 is 0 Å². The van der Waals surface area contributed by atoms with E-state index in [9.17, 15) is 9.90 Å². The molecule has 2 aliphatic rings. The number of nitrogens with zero attached hydrogens (tertiary/aromatic N) is 6. The number of piperazine rings is 1. The molecule has 3 heterocycles. The Hall–Kier alpha value is -3.46. The highest BCUT2D eigenvalue weighted by atomic mass is 16.4. The van der Waals surface area contributed by atoms with Gasteiger partial charge in [0.15, 0.2) is 5.69 Å². The molecule has 160 valence electrons. The first-order valence-corrected chi connectivity index (χ1v) is 10.5. The van der Waals surface area contributed by atoms with Gasteiger partial charge in [0.1, 0.15) is 0 Å². The Balaban J connectivity index is 1.38. The Morgan fingerprint density at radius 3 is 2.52 bits per heavy atom. The molecule has 1 aliphatic carbocycles. The van der Waals surface area contributed by atoms with E-state index in [-0.39, 0.29) is 5.69 Å². The third-order valence-electron chi connectivity index (χ3n) is 6.07. The molecular formula is C22H25N7O2. The number of carboxylic acids is 1. The van der Waals surface area contributed by atoms with Gasteiger partial charge in [-0.1, -0.05) is 0 Å². The van der Waals surface area contributed by atoms with Crippen LogP contribution in [0.1, 0.15) is 21.6 Å². The highest BCUT2D eigenvalue weighted by Gasteiger charge is 2.28. The summed E-state index contributed by atoms with van der Waals surface area (Å²) < 4.78 is 1.61. The van der Waals surface area contributed by atoms with Gasteiger partial charge in [0, 0.05) is 56.4 Å².